The summed E-state index contributed by atoms with van der Waals surface area (Å²) in [6.07, 6.45) is 0.501. The summed E-state index contributed by atoms with van der Waals surface area (Å²) in [5.74, 6) is 0.0164. The number of halogens is 1. The first-order valence-electron chi connectivity index (χ1n) is 4.58. The molecule has 1 aromatic rings. The molecule has 0 saturated heterocycles. The molecule has 1 rings (SSSR count). The Morgan fingerprint density at radius 1 is 1.50 bits per heavy atom. The lowest BCUT2D eigenvalue weighted by Crippen LogP contribution is -2.05. The second-order valence-electron chi connectivity index (χ2n) is 3.12. The van der Waals surface area contributed by atoms with E-state index in [2.05, 4.69) is 10.0 Å². The van der Waals surface area contributed by atoms with E-state index in [9.17, 15) is 8.42 Å². The summed E-state index contributed by atoms with van der Waals surface area (Å²) < 4.78 is 23.6. The predicted molar refractivity (Wildman–Crippen MR) is 62.6 cm³/mol. The summed E-state index contributed by atoms with van der Waals surface area (Å²) in [5, 5.41) is 3.66. The Balaban J connectivity index is 3.39. The molecule has 0 saturated carbocycles. The molecule has 0 aliphatic rings. The zero-order valence-electron chi connectivity index (χ0n) is 8.59. The van der Waals surface area contributed by atoms with Gasteiger partial charge in [0, 0.05) is 9.93 Å². The SMILES string of the molecule is CCCS(=O)(=O)c1ccc(Cl)cc1N=[N+]=[N-]. The largest absolute Gasteiger partial charge is 0.224 e. The van der Waals surface area contributed by atoms with Crippen LogP contribution in [0.1, 0.15) is 13.3 Å². The van der Waals surface area contributed by atoms with Gasteiger partial charge in [-0.25, -0.2) is 8.42 Å². The van der Waals surface area contributed by atoms with E-state index in [1.54, 1.807) is 6.92 Å². The van der Waals surface area contributed by atoms with Gasteiger partial charge in [0.15, 0.2) is 9.84 Å². The third-order valence-corrected chi connectivity index (χ3v) is 4.08. The zero-order valence-corrected chi connectivity index (χ0v) is 10.2. The summed E-state index contributed by atoms with van der Waals surface area (Å²) >= 11 is 5.70. The molecule has 0 N–H and O–H groups in total. The topological polar surface area (TPSA) is 82.9 Å². The second-order valence-corrected chi connectivity index (χ2v) is 5.63. The van der Waals surface area contributed by atoms with Gasteiger partial charge in [-0.05, 0) is 30.2 Å². The molecule has 7 heteroatoms. The van der Waals surface area contributed by atoms with Gasteiger partial charge < -0.3 is 0 Å². The summed E-state index contributed by atoms with van der Waals surface area (Å²) in [7, 11) is -3.40. The summed E-state index contributed by atoms with van der Waals surface area (Å²) in [6.45, 7) is 1.76. The van der Waals surface area contributed by atoms with Crippen LogP contribution in [0.4, 0.5) is 5.69 Å². The van der Waals surface area contributed by atoms with Gasteiger partial charge in [-0.1, -0.05) is 23.6 Å². The van der Waals surface area contributed by atoms with Crippen molar-refractivity contribution >= 4 is 27.1 Å². The van der Waals surface area contributed by atoms with Gasteiger partial charge in [0.2, 0.25) is 0 Å². The number of nitrogens with zero attached hydrogens (tertiary/aromatic N) is 3. The molecule has 0 aromatic heterocycles. The highest BCUT2D eigenvalue weighted by Crippen LogP contribution is 2.28. The fourth-order valence-corrected chi connectivity index (χ4v) is 2.88. The molecule has 1 aromatic carbocycles. The van der Waals surface area contributed by atoms with E-state index in [0.717, 1.165) is 0 Å². The van der Waals surface area contributed by atoms with Gasteiger partial charge in [0.1, 0.15) is 0 Å². The molecule has 0 spiro atoms. The maximum atomic E-state index is 11.8. The summed E-state index contributed by atoms with van der Waals surface area (Å²) in [4.78, 5) is 2.61. The lowest BCUT2D eigenvalue weighted by atomic mass is 10.3. The quantitative estimate of drug-likeness (QED) is 0.471. The first-order chi connectivity index (χ1) is 7.51. The molecule has 16 heavy (non-hydrogen) atoms. The number of hydrogen-bond acceptors (Lipinski definition) is 3. The van der Waals surface area contributed by atoms with Crippen molar-refractivity contribution in [3.05, 3.63) is 33.7 Å². The van der Waals surface area contributed by atoms with Crippen molar-refractivity contribution in [2.75, 3.05) is 5.75 Å². The smallest absolute Gasteiger partial charge is 0.178 e. The van der Waals surface area contributed by atoms with Gasteiger partial charge in [-0.2, -0.15) is 0 Å². The Kier molecular flexibility index (Phi) is 4.18. The third-order valence-electron chi connectivity index (χ3n) is 1.88. The monoisotopic (exact) mass is 259 g/mol. The average molecular weight is 260 g/mol. The van der Waals surface area contributed by atoms with Crippen LogP contribution in [0.2, 0.25) is 5.02 Å². The molecule has 0 amide bonds. The van der Waals surface area contributed by atoms with Crippen LogP contribution >= 0.6 is 11.6 Å². The minimum absolute atomic E-state index is 0.0164. The Morgan fingerprint density at radius 2 is 2.19 bits per heavy atom. The number of sulfone groups is 1. The lowest BCUT2D eigenvalue weighted by Gasteiger charge is -2.06. The van der Waals surface area contributed by atoms with E-state index in [1.165, 1.54) is 18.2 Å². The first kappa shape index (κ1) is 12.8. The van der Waals surface area contributed by atoms with Crippen molar-refractivity contribution < 1.29 is 8.42 Å². The molecule has 0 fully saturated rings. The van der Waals surface area contributed by atoms with E-state index >= 15 is 0 Å². The highest BCUT2D eigenvalue weighted by atomic mass is 35.5. The van der Waals surface area contributed by atoms with Gasteiger partial charge in [-0.3, -0.25) is 0 Å². The normalized spacial score (nSPS) is 10.9. The molecular formula is C9H10ClN3O2S. The van der Waals surface area contributed by atoms with Crippen LogP contribution in [0.25, 0.3) is 10.4 Å². The molecule has 0 heterocycles. The fraction of sp³-hybridized carbons (Fsp3) is 0.333. The van der Waals surface area contributed by atoms with Crippen molar-refractivity contribution in [2.45, 2.75) is 18.2 Å². The molecule has 86 valence electrons. The highest BCUT2D eigenvalue weighted by Gasteiger charge is 2.17. The maximum absolute atomic E-state index is 11.8. The molecule has 0 radical (unpaired) electrons. The first-order valence-corrected chi connectivity index (χ1v) is 6.61. The molecule has 0 bridgehead atoms. The van der Waals surface area contributed by atoms with Crippen LogP contribution in [0, 0.1) is 0 Å². The third kappa shape index (κ3) is 2.88. The van der Waals surface area contributed by atoms with Crippen LogP contribution < -0.4 is 0 Å². The predicted octanol–water partition coefficient (Wildman–Crippen LogP) is 3.47. The molecular weight excluding hydrogens is 250 g/mol. The standard InChI is InChI=1S/C9H10ClN3O2S/c1-2-5-16(14,15)9-4-3-7(10)6-8(9)12-13-11/h3-4,6H,2,5H2,1H3. The Labute approximate surface area is 98.6 Å². The van der Waals surface area contributed by atoms with Crippen molar-refractivity contribution in [3.8, 4) is 0 Å². The van der Waals surface area contributed by atoms with Crippen LogP contribution in [-0.2, 0) is 9.84 Å². The van der Waals surface area contributed by atoms with Crippen molar-refractivity contribution in [1.29, 1.82) is 0 Å². The molecule has 0 atom stereocenters. The van der Waals surface area contributed by atoms with Gasteiger partial charge in [0.25, 0.3) is 0 Å². The van der Waals surface area contributed by atoms with E-state index in [4.69, 9.17) is 17.1 Å². The van der Waals surface area contributed by atoms with Gasteiger partial charge in [0.05, 0.1) is 16.3 Å². The molecule has 5 nitrogen and oxygen atoms in total. The van der Waals surface area contributed by atoms with Crippen LogP contribution in [-0.4, -0.2) is 14.2 Å². The van der Waals surface area contributed by atoms with E-state index in [0.29, 0.717) is 11.4 Å². The van der Waals surface area contributed by atoms with Gasteiger partial charge in [-0.15, -0.1) is 0 Å². The molecule has 0 unspecified atom stereocenters. The fourth-order valence-electron chi connectivity index (χ4n) is 1.26. The van der Waals surface area contributed by atoms with Crippen LogP contribution in [0.5, 0.6) is 0 Å². The highest BCUT2D eigenvalue weighted by molar-refractivity contribution is 7.91. The minimum atomic E-state index is -3.40. The van der Waals surface area contributed by atoms with E-state index in [1.807, 2.05) is 0 Å². The van der Waals surface area contributed by atoms with Crippen LogP contribution in [0.3, 0.4) is 0 Å². The van der Waals surface area contributed by atoms with E-state index in [-0.39, 0.29) is 16.3 Å². The number of hydrogen-bond donors (Lipinski definition) is 0. The average Bonchev–Trinajstić information content (AvgIpc) is 2.17. The van der Waals surface area contributed by atoms with E-state index < -0.39 is 9.84 Å². The van der Waals surface area contributed by atoms with Crippen LogP contribution in [0.15, 0.2) is 28.2 Å². The van der Waals surface area contributed by atoms with Crippen molar-refractivity contribution in [2.24, 2.45) is 5.11 Å². The molecule has 0 aliphatic heterocycles. The Morgan fingerprint density at radius 3 is 2.75 bits per heavy atom. The second kappa shape index (κ2) is 5.21. The number of benzene rings is 1. The summed E-state index contributed by atoms with van der Waals surface area (Å²) in [5.41, 5.74) is 8.40. The Hall–Kier alpha value is -1.23. The minimum Gasteiger partial charge on any atom is -0.224 e. The zero-order chi connectivity index (χ0) is 12.2. The Bertz CT molecular complexity index is 536. The number of rotatable bonds is 4. The number of azide groups is 1. The molecule has 0 aliphatic carbocycles. The van der Waals surface area contributed by atoms with Gasteiger partial charge >= 0.3 is 0 Å². The lowest BCUT2D eigenvalue weighted by molar-refractivity contribution is 0.595. The van der Waals surface area contributed by atoms with Crippen molar-refractivity contribution in [3.63, 3.8) is 0 Å². The maximum Gasteiger partial charge on any atom is 0.178 e. The van der Waals surface area contributed by atoms with Crippen molar-refractivity contribution in [1.82, 2.24) is 0 Å². The summed E-state index contributed by atoms with van der Waals surface area (Å²) in [6, 6.07) is 4.15.